The molecule has 398 valence electrons. The molecular formula is C59H88BKN6O7+2. The average Bonchev–Trinajstić information content (AvgIpc) is 3.79. The summed E-state index contributed by atoms with van der Waals surface area (Å²) in [4.78, 5) is 24.2. The molecule has 0 radical (unpaired) electrons. The molecule has 0 saturated carbocycles. The number of amides is 2. The Morgan fingerprint density at radius 2 is 0.770 bits per heavy atom. The Bertz CT molecular complexity index is 2080. The predicted octanol–water partition coefficient (Wildman–Crippen LogP) is 5.80. The van der Waals surface area contributed by atoms with Crippen LogP contribution in [0.3, 0.4) is 0 Å². The average molecular weight is 1040 g/mol. The smallest absolute Gasteiger partial charge is 0.401 e. The van der Waals surface area contributed by atoms with E-state index in [1.807, 2.05) is 48.1 Å². The molecule has 0 aliphatic carbocycles. The fourth-order valence-electron chi connectivity index (χ4n) is 9.53. The van der Waals surface area contributed by atoms with Gasteiger partial charge in [-0.3, -0.25) is 4.79 Å². The van der Waals surface area contributed by atoms with Crippen LogP contribution in [0.4, 0.5) is 27.5 Å². The van der Waals surface area contributed by atoms with Crippen LogP contribution in [0.25, 0.3) is 5.32 Å². The van der Waals surface area contributed by atoms with Gasteiger partial charge in [0, 0.05) is 23.8 Å². The molecule has 0 aromatic heterocycles. The summed E-state index contributed by atoms with van der Waals surface area (Å²) in [5.41, 5.74) is 11.0. The van der Waals surface area contributed by atoms with E-state index in [-0.39, 0.29) is 81.1 Å². The molecule has 4 aliphatic heterocycles. The maximum Gasteiger partial charge on any atom is 1.00 e. The van der Waals surface area contributed by atoms with Gasteiger partial charge >= 0.3 is 58.5 Å². The molecule has 13 nitrogen and oxygen atoms in total. The maximum atomic E-state index is 14.8. The Hall–Kier alpha value is -3.13. The monoisotopic (exact) mass is 1040 g/mol. The molecule has 0 spiro atoms. The summed E-state index contributed by atoms with van der Waals surface area (Å²) in [5.74, 6) is 1.12. The summed E-state index contributed by atoms with van der Waals surface area (Å²) in [5, 5.41) is 4.74. The first-order valence-corrected chi connectivity index (χ1v) is 27.2. The minimum Gasteiger partial charge on any atom is -0.401 e. The van der Waals surface area contributed by atoms with Gasteiger partial charge in [0.2, 0.25) is 0 Å². The van der Waals surface area contributed by atoms with Crippen molar-refractivity contribution in [2.24, 2.45) is 0 Å². The summed E-state index contributed by atoms with van der Waals surface area (Å²) in [7, 11) is -0.547. The van der Waals surface area contributed by atoms with E-state index in [0.29, 0.717) is 45.3 Å². The Kier molecular flexibility index (Phi) is 27.2. The number of nitrogens with one attached hydrogen (secondary N) is 2. The number of quaternary nitrogens is 2. The number of benzene rings is 4. The summed E-state index contributed by atoms with van der Waals surface area (Å²) < 4.78 is 34.4. The van der Waals surface area contributed by atoms with Crippen LogP contribution >= 0.6 is 0 Å². The van der Waals surface area contributed by atoms with E-state index < -0.39 is 7.12 Å². The molecule has 15 heteroatoms. The number of anilines is 3. The van der Waals surface area contributed by atoms with Gasteiger partial charge in [-0.1, -0.05) is 151 Å². The topological polar surface area (TPSA) is 105 Å². The van der Waals surface area contributed by atoms with Crippen molar-refractivity contribution >= 4 is 35.9 Å². The number of aryl methyl sites for hydroxylation is 2. The molecular weight excluding hydrogens is 955 g/mol. The van der Waals surface area contributed by atoms with Crippen molar-refractivity contribution < 1.29 is 94.4 Å². The zero-order valence-electron chi connectivity index (χ0n) is 47.0. The molecule has 0 atom stereocenters. The minimum absolute atomic E-state index is 0. The number of carbonyl (C=O) groups is 1. The van der Waals surface area contributed by atoms with Gasteiger partial charge < -0.3 is 58.0 Å². The zero-order chi connectivity index (χ0) is 52.1. The van der Waals surface area contributed by atoms with Crippen molar-refractivity contribution in [2.75, 3.05) is 133 Å². The first-order chi connectivity index (χ1) is 35.3. The van der Waals surface area contributed by atoms with Crippen molar-refractivity contribution in [1.29, 1.82) is 0 Å². The van der Waals surface area contributed by atoms with Crippen LogP contribution in [-0.4, -0.2) is 132 Å². The van der Waals surface area contributed by atoms with Crippen LogP contribution < -0.4 is 75.6 Å². The van der Waals surface area contributed by atoms with Gasteiger partial charge in [-0.15, -0.1) is 0 Å². The first-order valence-electron chi connectivity index (χ1n) is 27.2. The third-order valence-electron chi connectivity index (χ3n) is 13.8. The molecule has 8 rings (SSSR count). The number of hydrogen-bond acceptors (Lipinski definition) is 9. The number of hydrogen-bond donors (Lipinski definition) is 2. The largest absolute Gasteiger partial charge is 1.00 e. The number of nitrogens with zero attached hydrogens (tertiary/aromatic N) is 4. The van der Waals surface area contributed by atoms with Gasteiger partial charge in [-0.25, -0.2) is 0 Å². The number of ether oxygens (including phenoxy) is 6. The summed E-state index contributed by atoms with van der Waals surface area (Å²) in [6.07, 6.45) is 4.33. The third-order valence-corrected chi connectivity index (χ3v) is 13.8. The van der Waals surface area contributed by atoms with Gasteiger partial charge in [-0.05, 0) is 71.1 Å². The first kappa shape index (κ1) is 61.7. The Balaban J connectivity index is 0.000000319. The van der Waals surface area contributed by atoms with Crippen molar-refractivity contribution in [3.63, 3.8) is 0 Å². The third kappa shape index (κ3) is 18.5. The molecule has 3 saturated heterocycles. The molecule has 4 aromatic carbocycles. The molecule has 3 fully saturated rings. The molecule has 74 heavy (non-hydrogen) atoms. The van der Waals surface area contributed by atoms with E-state index in [1.165, 1.54) is 32.1 Å². The second kappa shape index (κ2) is 32.6. The van der Waals surface area contributed by atoms with Crippen molar-refractivity contribution in [1.82, 2.24) is 0 Å². The summed E-state index contributed by atoms with van der Waals surface area (Å²) in [6.45, 7) is 36.2. The second-order valence-corrected chi connectivity index (χ2v) is 20.8. The normalized spacial score (nSPS) is 19.0. The molecule has 4 aromatic rings. The van der Waals surface area contributed by atoms with Crippen LogP contribution in [0.15, 0.2) is 97.3 Å². The van der Waals surface area contributed by atoms with Gasteiger partial charge in [0.05, 0.1) is 79.3 Å². The molecule has 2 N–H and O–H groups in total. The Morgan fingerprint density at radius 3 is 1.07 bits per heavy atom. The SMILES string of the molecule is C1COCC[NH+]2CCOCCOCC[NH+](CCO1)CCOCCOCC2.Cc1ccc([N-]C(=O)N(B2N(c3c(C(C)C)cccc3C(C)C)C=CN2c2c(C(C)C)cccc2C(C)C)c2ccc(C)cc2)cc1.[K+]. The number of urea groups is 1. The maximum absolute atomic E-state index is 14.8. The Morgan fingerprint density at radius 1 is 0.473 bits per heavy atom. The van der Waals surface area contributed by atoms with Crippen molar-refractivity contribution in [3.05, 3.63) is 136 Å². The molecule has 2 amide bonds. The van der Waals surface area contributed by atoms with Crippen LogP contribution in [-0.2, 0) is 28.4 Å². The quantitative estimate of drug-likeness (QED) is 0.202. The van der Waals surface area contributed by atoms with Gasteiger partial charge in [-0.2, -0.15) is 0 Å². The predicted molar refractivity (Wildman–Crippen MR) is 298 cm³/mol. The van der Waals surface area contributed by atoms with Crippen molar-refractivity contribution in [3.8, 4) is 0 Å². The van der Waals surface area contributed by atoms with E-state index in [4.69, 9.17) is 33.7 Å². The molecule has 2 bridgehead atoms. The van der Waals surface area contributed by atoms with Crippen LogP contribution in [0.2, 0.25) is 0 Å². The van der Waals surface area contributed by atoms with Gasteiger partial charge in [0.15, 0.2) is 6.03 Å². The van der Waals surface area contributed by atoms with Gasteiger partial charge in [0.25, 0.3) is 0 Å². The summed E-state index contributed by atoms with van der Waals surface area (Å²) >= 11 is 0. The van der Waals surface area contributed by atoms with E-state index >= 15 is 0 Å². The minimum atomic E-state index is -0.547. The molecule has 4 heterocycles. The van der Waals surface area contributed by atoms with E-state index in [9.17, 15) is 4.79 Å². The Labute approximate surface area is 488 Å². The van der Waals surface area contributed by atoms with Crippen LogP contribution in [0.5, 0.6) is 0 Å². The second-order valence-electron chi connectivity index (χ2n) is 20.8. The van der Waals surface area contributed by atoms with E-state index in [2.05, 4.69) is 133 Å². The number of fused-ring (bicyclic) bond motifs is 21. The van der Waals surface area contributed by atoms with E-state index in [1.54, 1.807) is 0 Å². The number of rotatable bonds is 9. The molecule has 4 aliphatic rings. The fourth-order valence-corrected chi connectivity index (χ4v) is 9.53. The fraction of sp³-hybridized carbons (Fsp3) is 0.542. The van der Waals surface area contributed by atoms with Gasteiger partial charge in [0.1, 0.15) is 39.3 Å². The van der Waals surface area contributed by atoms with Crippen molar-refractivity contribution in [2.45, 2.75) is 92.9 Å². The standard InChI is InChI=1S/C41H51BN4O.C18H36N2O6.K/c1-27(2)35-13-11-14-36(28(3)4)39(35)44-25-26-45(40-37(29(5)6)15-12-16-38(40)30(7)8)42(44)46(34-23-19-32(10)20-24-34)41(47)43-33-21-17-31(9)18-22-33;1-7-21-13-14-24-10-4-20-5-11-25-17-15-22-8-2-19(1)3-9-23-16-18-26-12-6-20;/h11-30H,1-10H3,(H,43,47);1-18H2;/q;;+1/p+1. The van der Waals surface area contributed by atoms with E-state index in [0.717, 1.165) is 107 Å². The number of para-hydroxylation sites is 2. The van der Waals surface area contributed by atoms with Crippen LogP contribution in [0, 0.1) is 13.8 Å². The summed E-state index contributed by atoms with van der Waals surface area (Å²) in [6, 6.07) is 29.0. The molecule has 0 unspecified atom stereocenters. The number of carbonyl (C=O) groups excluding carboxylic acids is 1. The zero-order valence-corrected chi connectivity index (χ0v) is 50.1. The van der Waals surface area contributed by atoms with Crippen LogP contribution in [0.1, 0.15) is 112 Å².